The Kier molecular flexibility index (Phi) is 6.50. The van der Waals surface area contributed by atoms with Gasteiger partial charge in [-0.15, -0.1) is 0 Å². The number of rotatable bonds is 8. The smallest absolute Gasteiger partial charge is 0.161 e. The molecule has 1 rings (SSSR count). The average molecular weight is 267 g/mol. The second-order valence-electron chi connectivity index (χ2n) is 4.15. The standard InChI is InChI=1S/C14H21NO2S/c1-3-9-17-12-8-7-11(10-13(12)16-2)5-4-6-14(15)18/h7-8,10H,3-6,9H2,1-2H3,(H2,15,18). The van der Waals surface area contributed by atoms with Crippen molar-refractivity contribution in [3.63, 3.8) is 0 Å². The Morgan fingerprint density at radius 3 is 2.72 bits per heavy atom. The summed E-state index contributed by atoms with van der Waals surface area (Å²) in [6.07, 6.45) is 3.68. The molecule has 0 aliphatic heterocycles. The van der Waals surface area contributed by atoms with Gasteiger partial charge in [0.2, 0.25) is 0 Å². The third-order valence-corrected chi connectivity index (χ3v) is 2.78. The molecule has 0 radical (unpaired) electrons. The summed E-state index contributed by atoms with van der Waals surface area (Å²) in [7, 11) is 1.66. The summed E-state index contributed by atoms with van der Waals surface area (Å²) < 4.78 is 10.9. The summed E-state index contributed by atoms with van der Waals surface area (Å²) in [5.41, 5.74) is 6.69. The molecule has 0 atom stereocenters. The number of hydrogen-bond donors (Lipinski definition) is 1. The van der Waals surface area contributed by atoms with Crippen LogP contribution in [0, 0.1) is 0 Å². The first-order chi connectivity index (χ1) is 8.67. The molecule has 0 heterocycles. The Balaban J connectivity index is 2.63. The molecule has 2 N–H and O–H groups in total. The highest BCUT2D eigenvalue weighted by Crippen LogP contribution is 2.28. The van der Waals surface area contributed by atoms with Crippen molar-refractivity contribution in [1.82, 2.24) is 0 Å². The summed E-state index contributed by atoms with van der Waals surface area (Å²) in [5, 5.41) is 0. The van der Waals surface area contributed by atoms with E-state index in [9.17, 15) is 0 Å². The number of benzene rings is 1. The predicted molar refractivity (Wildman–Crippen MR) is 78.5 cm³/mol. The number of methoxy groups -OCH3 is 1. The van der Waals surface area contributed by atoms with E-state index in [1.165, 1.54) is 5.56 Å². The Morgan fingerprint density at radius 2 is 2.11 bits per heavy atom. The second kappa shape index (κ2) is 7.93. The molecule has 0 spiro atoms. The molecule has 0 unspecified atom stereocenters. The molecule has 1 aromatic carbocycles. The zero-order valence-corrected chi connectivity index (χ0v) is 11.9. The molecule has 0 saturated carbocycles. The SMILES string of the molecule is CCCOc1ccc(CCCC(N)=S)cc1OC. The van der Waals surface area contributed by atoms with Crippen LogP contribution in [0.4, 0.5) is 0 Å². The van der Waals surface area contributed by atoms with E-state index in [1.54, 1.807) is 7.11 Å². The highest BCUT2D eigenvalue weighted by atomic mass is 32.1. The van der Waals surface area contributed by atoms with Crippen LogP contribution in [0.2, 0.25) is 0 Å². The van der Waals surface area contributed by atoms with Crippen LogP contribution in [-0.2, 0) is 6.42 Å². The maximum atomic E-state index is 5.61. The number of nitrogens with two attached hydrogens (primary N) is 1. The van der Waals surface area contributed by atoms with Crippen molar-refractivity contribution in [2.75, 3.05) is 13.7 Å². The van der Waals surface area contributed by atoms with Gasteiger partial charge >= 0.3 is 0 Å². The molecule has 4 heteroatoms. The summed E-state index contributed by atoms with van der Waals surface area (Å²) in [6, 6.07) is 6.04. The van der Waals surface area contributed by atoms with Gasteiger partial charge in [0, 0.05) is 0 Å². The van der Waals surface area contributed by atoms with Gasteiger partial charge in [-0.05, 0) is 43.4 Å². The molecule has 0 amide bonds. The van der Waals surface area contributed by atoms with Crippen LogP contribution >= 0.6 is 12.2 Å². The molecule has 100 valence electrons. The number of hydrogen-bond acceptors (Lipinski definition) is 3. The topological polar surface area (TPSA) is 44.5 Å². The minimum Gasteiger partial charge on any atom is -0.493 e. The van der Waals surface area contributed by atoms with Crippen LogP contribution in [0.5, 0.6) is 11.5 Å². The highest BCUT2D eigenvalue weighted by molar-refractivity contribution is 7.80. The lowest BCUT2D eigenvalue weighted by molar-refractivity contribution is 0.294. The van der Waals surface area contributed by atoms with E-state index in [-0.39, 0.29) is 0 Å². The number of aryl methyl sites for hydroxylation is 1. The van der Waals surface area contributed by atoms with Gasteiger partial charge in [0.1, 0.15) is 0 Å². The van der Waals surface area contributed by atoms with Crippen molar-refractivity contribution in [2.45, 2.75) is 32.6 Å². The van der Waals surface area contributed by atoms with Crippen molar-refractivity contribution in [1.29, 1.82) is 0 Å². The fourth-order valence-corrected chi connectivity index (χ4v) is 1.81. The third-order valence-electron chi connectivity index (χ3n) is 2.58. The van der Waals surface area contributed by atoms with Crippen molar-refractivity contribution < 1.29 is 9.47 Å². The largest absolute Gasteiger partial charge is 0.493 e. The monoisotopic (exact) mass is 267 g/mol. The second-order valence-corrected chi connectivity index (χ2v) is 4.68. The van der Waals surface area contributed by atoms with Gasteiger partial charge < -0.3 is 15.2 Å². The number of thiocarbonyl (C=S) groups is 1. The summed E-state index contributed by atoms with van der Waals surface area (Å²) in [5.74, 6) is 1.59. The molecule has 0 fully saturated rings. The molecule has 0 bridgehead atoms. The summed E-state index contributed by atoms with van der Waals surface area (Å²) in [4.78, 5) is 0.574. The molecule has 0 aromatic heterocycles. The maximum absolute atomic E-state index is 5.61. The Bertz CT molecular complexity index is 393. The van der Waals surface area contributed by atoms with Gasteiger partial charge in [-0.2, -0.15) is 0 Å². The fourth-order valence-electron chi connectivity index (χ4n) is 1.67. The van der Waals surface area contributed by atoms with Crippen molar-refractivity contribution >= 4 is 17.2 Å². The first-order valence-corrected chi connectivity index (χ1v) is 6.66. The van der Waals surface area contributed by atoms with Gasteiger partial charge in [0.05, 0.1) is 18.7 Å². The molecule has 3 nitrogen and oxygen atoms in total. The van der Waals surface area contributed by atoms with Gasteiger partial charge in [0.25, 0.3) is 0 Å². The Labute approximate surface area is 114 Å². The Morgan fingerprint density at radius 1 is 1.33 bits per heavy atom. The van der Waals surface area contributed by atoms with Crippen LogP contribution in [0.3, 0.4) is 0 Å². The zero-order valence-electron chi connectivity index (χ0n) is 11.1. The van der Waals surface area contributed by atoms with Crippen LogP contribution in [-0.4, -0.2) is 18.7 Å². The zero-order chi connectivity index (χ0) is 13.4. The first-order valence-electron chi connectivity index (χ1n) is 6.25. The van der Waals surface area contributed by atoms with Crippen LogP contribution in [0.25, 0.3) is 0 Å². The average Bonchev–Trinajstić information content (AvgIpc) is 2.36. The lowest BCUT2D eigenvalue weighted by Crippen LogP contribution is -2.07. The molecule has 0 saturated heterocycles. The van der Waals surface area contributed by atoms with Gasteiger partial charge in [-0.3, -0.25) is 0 Å². The summed E-state index contributed by atoms with van der Waals surface area (Å²) >= 11 is 4.86. The van der Waals surface area contributed by atoms with Gasteiger partial charge in [-0.1, -0.05) is 25.2 Å². The lowest BCUT2D eigenvalue weighted by Gasteiger charge is -2.11. The van der Waals surface area contributed by atoms with Crippen molar-refractivity contribution in [2.24, 2.45) is 5.73 Å². The van der Waals surface area contributed by atoms with Crippen molar-refractivity contribution in [3.8, 4) is 11.5 Å². The predicted octanol–water partition coefficient (Wildman–Crippen LogP) is 3.09. The van der Waals surface area contributed by atoms with Crippen LogP contribution in [0.1, 0.15) is 31.7 Å². The quantitative estimate of drug-likeness (QED) is 0.735. The highest BCUT2D eigenvalue weighted by Gasteiger charge is 2.05. The molecular formula is C14H21NO2S. The molecule has 18 heavy (non-hydrogen) atoms. The number of ether oxygens (including phenoxy) is 2. The molecular weight excluding hydrogens is 246 g/mol. The van der Waals surface area contributed by atoms with Crippen molar-refractivity contribution in [3.05, 3.63) is 23.8 Å². The first kappa shape index (κ1) is 14.8. The maximum Gasteiger partial charge on any atom is 0.161 e. The van der Waals surface area contributed by atoms with Crippen LogP contribution in [0.15, 0.2) is 18.2 Å². The van der Waals surface area contributed by atoms with E-state index in [2.05, 4.69) is 13.0 Å². The minimum absolute atomic E-state index is 0.574. The van der Waals surface area contributed by atoms with Crippen LogP contribution < -0.4 is 15.2 Å². The minimum atomic E-state index is 0.574. The third kappa shape index (κ3) is 4.92. The van der Waals surface area contributed by atoms with E-state index in [0.717, 1.165) is 37.2 Å². The van der Waals surface area contributed by atoms with E-state index < -0.39 is 0 Å². The van der Waals surface area contributed by atoms with Gasteiger partial charge in [0.15, 0.2) is 11.5 Å². The lowest BCUT2D eigenvalue weighted by atomic mass is 10.1. The molecule has 0 aliphatic rings. The van der Waals surface area contributed by atoms with E-state index >= 15 is 0 Å². The fraction of sp³-hybridized carbons (Fsp3) is 0.500. The van der Waals surface area contributed by atoms with E-state index in [0.29, 0.717) is 11.6 Å². The Hall–Kier alpha value is -1.29. The van der Waals surface area contributed by atoms with E-state index in [1.807, 2.05) is 12.1 Å². The summed E-state index contributed by atoms with van der Waals surface area (Å²) in [6.45, 7) is 2.79. The normalized spacial score (nSPS) is 10.1. The van der Waals surface area contributed by atoms with Gasteiger partial charge in [-0.25, -0.2) is 0 Å². The van der Waals surface area contributed by atoms with E-state index in [4.69, 9.17) is 27.4 Å². The molecule has 1 aromatic rings. The molecule has 0 aliphatic carbocycles.